The Morgan fingerprint density at radius 2 is 2.19 bits per heavy atom. The van der Waals surface area contributed by atoms with Crippen molar-refractivity contribution in [3.63, 3.8) is 0 Å². The minimum Gasteiger partial charge on any atom is -0.383 e. The number of methoxy groups -OCH3 is 1. The normalized spacial score (nSPS) is 16.3. The zero-order valence-corrected chi connectivity index (χ0v) is 16.6. The Balaban J connectivity index is 1.61. The first-order valence-corrected chi connectivity index (χ1v) is 10.1. The van der Waals surface area contributed by atoms with Crippen molar-refractivity contribution in [3.8, 4) is 0 Å². The van der Waals surface area contributed by atoms with E-state index in [9.17, 15) is 4.79 Å². The lowest BCUT2D eigenvalue weighted by Gasteiger charge is -2.26. The predicted octanol–water partition coefficient (Wildman–Crippen LogP) is 3.43. The molecule has 0 saturated heterocycles. The van der Waals surface area contributed by atoms with Crippen LogP contribution < -0.4 is 5.32 Å². The molecule has 2 aromatic rings. The van der Waals surface area contributed by atoms with Crippen LogP contribution in [0.2, 0.25) is 0 Å². The standard InChI is InChI=1S/C20H27N3O2S/c1-14-15(2)23(11-12-25-3)20(21-14)26-13-19(24)22-18-10-6-8-16-7-4-5-9-17(16)18/h4-5,7,9,18H,6,8,10-13H2,1-3H3,(H,22,24)/t18-/m1/s1. The number of carbonyl (C=O) groups is 1. The molecule has 1 atom stereocenters. The number of hydrogen-bond donors (Lipinski definition) is 1. The van der Waals surface area contributed by atoms with Gasteiger partial charge in [-0.15, -0.1) is 0 Å². The first kappa shape index (κ1) is 19.0. The highest BCUT2D eigenvalue weighted by molar-refractivity contribution is 7.99. The molecule has 0 fully saturated rings. The van der Waals surface area contributed by atoms with Gasteiger partial charge in [0.1, 0.15) is 0 Å². The molecule has 1 aliphatic carbocycles. The average molecular weight is 374 g/mol. The largest absolute Gasteiger partial charge is 0.383 e. The molecule has 0 spiro atoms. The topological polar surface area (TPSA) is 56.1 Å². The summed E-state index contributed by atoms with van der Waals surface area (Å²) in [6.07, 6.45) is 3.23. The van der Waals surface area contributed by atoms with E-state index in [1.165, 1.54) is 22.9 Å². The second-order valence-corrected chi connectivity index (χ2v) is 7.65. The molecule has 0 aliphatic heterocycles. The summed E-state index contributed by atoms with van der Waals surface area (Å²) in [5, 5.41) is 4.09. The molecular formula is C20H27N3O2S. The van der Waals surface area contributed by atoms with Crippen LogP contribution >= 0.6 is 11.8 Å². The molecule has 1 aliphatic rings. The van der Waals surface area contributed by atoms with Crippen molar-refractivity contribution in [1.82, 2.24) is 14.9 Å². The van der Waals surface area contributed by atoms with Gasteiger partial charge in [0.05, 0.1) is 24.1 Å². The quantitative estimate of drug-likeness (QED) is 0.756. The molecule has 1 N–H and O–H groups in total. The van der Waals surface area contributed by atoms with Gasteiger partial charge in [-0.05, 0) is 44.2 Å². The van der Waals surface area contributed by atoms with Crippen LogP contribution in [0.1, 0.15) is 41.4 Å². The van der Waals surface area contributed by atoms with Gasteiger partial charge in [0.15, 0.2) is 5.16 Å². The maximum atomic E-state index is 12.5. The Bertz CT molecular complexity index is 772. The molecule has 140 valence electrons. The minimum absolute atomic E-state index is 0.0632. The summed E-state index contributed by atoms with van der Waals surface area (Å²) in [4.78, 5) is 17.1. The summed E-state index contributed by atoms with van der Waals surface area (Å²) in [6.45, 7) is 5.45. The molecule has 1 aromatic carbocycles. The first-order valence-electron chi connectivity index (χ1n) is 9.12. The number of aryl methyl sites for hydroxylation is 2. The van der Waals surface area contributed by atoms with Crippen molar-refractivity contribution < 1.29 is 9.53 Å². The Labute approximate surface area is 159 Å². The highest BCUT2D eigenvalue weighted by atomic mass is 32.2. The van der Waals surface area contributed by atoms with Crippen LogP contribution in [-0.2, 0) is 22.5 Å². The van der Waals surface area contributed by atoms with Crippen molar-refractivity contribution >= 4 is 17.7 Å². The van der Waals surface area contributed by atoms with E-state index in [1.807, 2.05) is 6.92 Å². The van der Waals surface area contributed by atoms with Crippen molar-refractivity contribution in [2.24, 2.45) is 0 Å². The Morgan fingerprint density at radius 1 is 1.38 bits per heavy atom. The fourth-order valence-electron chi connectivity index (χ4n) is 3.45. The lowest BCUT2D eigenvalue weighted by molar-refractivity contribution is -0.119. The number of fused-ring (bicyclic) bond motifs is 1. The monoisotopic (exact) mass is 373 g/mol. The van der Waals surface area contributed by atoms with Gasteiger partial charge in [0.25, 0.3) is 0 Å². The van der Waals surface area contributed by atoms with Gasteiger partial charge in [0.2, 0.25) is 5.91 Å². The van der Waals surface area contributed by atoms with Gasteiger partial charge < -0.3 is 14.6 Å². The van der Waals surface area contributed by atoms with E-state index >= 15 is 0 Å². The van der Waals surface area contributed by atoms with Crippen molar-refractivity contribution in [3.05, 3.63) is 46.8 Å². The molecule has 5 nitrogen and oxygen atoms in total. The lowest BCUT2D eigenvalue weighted by atomic mass is 9.88. The third-order valence-corrected chi connectivity index (χ3v) is 5.96. The summed E-state index contributed by atoms with van der Waals surface area (Å²) in [5.74, 6) is 0.440. The van der Waals surface area contributed by atoms with Gasteiger partial charge in [0, 0.05) is 19.3 Å². The molecule has 1 heterocycles. The fraction of sp³-hybridized carbons (Fsp3) is 0.500. The maximum Gasteiger partial charge on any atom is 0.230 e. The number of carbonyl (C=O) groups excluding carboxylic acids is 1. The molecule has 0 unspecified atom stereocenters. The second-order valence-electron chi connectivity index (χ2n) is 6.71. The van der Waals surface area contributed by atoms with Crippen LogP contribution in [-0.4, -0.2) is 34.9 Å². The highest BCUT2D eigenvalue weighted by Gasteiger charge is 2.22. The Morgan fingerprint density at radius 3 is 3.00 bits per heavy atom. The fourth-order valence-corrected chi connectivity index (χ4v) is 4.38. The van der Waals surface area contributed by atoms with Gasteiger partial charge >= 0.3 is 0 Å². The Kier molecular flexibility index (Phi) is 6.38. The number of nitrogens with zero attached hydrogens (tertiary/aromatic N) is 2. The Hall–Kier alpha value is -1.79. The van der Waals surface area contributed by atoms with Crippen molar-refractivity contribution in [1.29, 1.82) is 0 Å². The molecule has 3 rings (SSSR count). The van der Waals surface area contributed by atoms with Crippen LogP contribution in [0.25, 0.3) is 0 Å². The molecule has 0 saturated carbocycles. The molecule has 6 heteroatoms. The second kappa shape index (κ2) is 8.73. The minimum atomic E-state index is 0.0632. The van der Waals surface area contributed by atoms with Crippen LogP contribution in [0.3, 0.4) is 0 Å². The molecular weight excluding hydrogens is 346 g/mol. The number of nitrogens with one attached hydrogen (secondary N) is 1. The summed E-state index contributed by atoms with van der Waals surface area (Å²) in [6, 6.07) is 8.56. The number of amides is 1. The zero-order chi connectivity index (χ0) is 18.5. The smallest absolute Gasteiger partial charge is 0.230 e. The molecule has 1 aromatic heterocycles. The van der Waals surface area contributed by atoms with Gasteiger partial charge in [-0.25, -0.2) is 4.98 Å². The summed E-state index contributed by atoms with van der Waals surface area (Å²) in [5.41, 5.74) is 4.76. The third-order valence-electron chi connectivity index (χ3n) is 4.98. The number of thioether (sulfide) groups is 1. The lowest BCUT2D eigenvalue weighted by Crippen LogP contribution is -2.32. The predicted molar refractivity (Wildman–Crippen MR) is 105 cm³/mol. The summed E-state index contributed by atoms with van der Waals surface area (Å²) >= 11 is 1.49. The van der Waals surface area contributed by atoms with Crippen LogP contribution in [0.5, 0.6) is 0 Å². The van der Waals surface area contributed by atoms with E-state index in [0.717, 1.165) is 42.4 Å². The number of ether oxygens (including phenoxy) is 1. The number of benzene rings is 1. The molecule has 1 amide bonds. The number of hydrogen-bond acceptors (Lipinski definition) is 4. The summed E-state index contributed by atoms with van der Waals surface area (Å²) in [7, 11) is 1.70. The average Bonchev–Trinajstić information content (AvgIpc) is 2.92. The van der Waals surface area contributed by atoms with Gasteiger partial charge in [-0.1, -0.05) is 36.0 Å². The number of imidazole rings is 1. The van der Waals surface area contributed by atoms with Crippen LogP contribution in [0.4, 0.5) is 0 Å². The summed E-state index contributed by atoms with van der Waals surface area (Å²) < 4.78 is 7.32. The number of rotatable bonds is 7. The van der Waals surface area contributed by atoms with E-state index < -0.39 is 0 Å². The molecule has 26 heavy (non-hydrogen) atoms. The van der Waals surface area contributed by atoms with E-state index in [-0.39, 0.29) is 11.9 Å². The zero-order valence-electron chi connectivity index (χ0n) is 15.7. The third kappa shape index (κ3) is 4.30. The van der Waals surface area contributed by atoms with Gasteiger partial charge in [-0.2, -0.15) is 0 Å². The highest BCUT2D eigenvalue weighted by Crippen LogP contribution is 2.29. The SMILES string of the molecule is COCCn1c(SCC(=O)N[C@@H]2CCCc3ccccc32)nc(C)c1C. The maximum absolute atomic E-state index is 12.5. The van der Waals surface area contributed by atoms with E-state index in [4.69, 9.17) is 4.74 Å². The first-order chi connectivity index (χ1) is 12.6. The van der Waals surface area contributed by atoms with Crippen molar-refractivity contribution in [2.45, 2.75) is 50.9 Å². The van der Waals surface area contributed by atoms with Gasteiger partial charge in [-0.3, -0.25) is 4.79 Å². The number of aromatic nitrogens is 2. The van der Waals surface area contributed by atoms with E-state index in [0.29, 0.717) is 12.4 Å². The van der Waals surface area contributed by atoms with Crippen LogP contribution in [0, 0.1) is 13.8 Å². The van der Waals surface area contributed by atoms with E-state index in [1.54, 1.807) is 7.11 Å². The van der Waals surface area contributed by atoms with E-state index in [2.05, 4.69) is 46.1 Å². The van der Waals surface area contributed by atoms with Crippen LogP contribution in [0.15, 0.2) is 29.4 Å². The van der Waals surface area contributed by atoms with Crippen molar-refractivity contribution in [2.75, 3.05) is 19.5 Å². The molecule has 0 radical (unpaired) electrons. The molecule has 0 bridgehead atoms.